The van der Waals surface area contributed by atoms with E-state index in [1.54, 1.807) is 10.9 Å². The molecule has 0 aliphatic rings. The van der Waals surface area contributed by atoms with Crippen LogP contribution in [0.5, 0.6) is 0 Å². The third kappa shape index (κ3) is 2.23. The summed E-state index contributed by atoms with van der Waals surface area (Å²) in [4.78, 5) is 17.2. The third-order valence-electron chi connectivity index (χ3n) is 4.16. The molecule has 0 radical (unpaired) electrons. The molecular formula is C18H17N5O. The standard InChI is InChI=1S/C18H17N5O/c1-11-5-4-6-13(7-11)17-12(2)18-20-15(8-16(24)23(18)21-17)14-9-19-22(3)10-14/h4-10,21H,1-3H3. The Morgan fingerprint density at radius 1 is 1.12 bits per heavy atom. The molecule has 0 aliphatic heterocycles. The van der Waals surface area contributed by atoms with Gasteiger partial charge in [0.2, 0.25) is 0 Å². The van der Waals surface area contributed by atoms with Crippen LogP contribution in [0.3, 0.4) is 0 Å². The van der Waals surface area contributed by atoms with Crippen LogP contribution in [0, 0.1) is 13.8 Å². The fraction of sp³-hybridized carbons (Fsp3) is 0.167. The summed E-state index contributed by atoms with van der Waals surface area (Å²) in [6.07, 6.45) is 3.56. The highest BCUT2D eigenvalue weighted by atomic mass is 16.1. The van der Waals surface area contributed by atoms with Gasteiger partial charge in [-0.2, -0.15) is 5.10 Å². The molecule has 0 atom stereocenters. The number of nitrogens with zero attached hydrogens (tertiary/aromatic N) is 4. The lowest BCUT2D eigenvalue weighted by Crippen LogP contribution is -2.14. The number of aromatic nitrogens is 5. The van der Waals surface area contributed by atoms with Crippen molar-refractivity contribution in [2.24, 2.45) is 7.05 Å². The molecule has 1 aromatic carbocycles. The number of rotatable bonds is 2. The van der Waals surface area contributed by atoms with E-state index in [1.807, 2.05) is 45.3 Å². The van der Waals surface area contributed by atoms with Crippen LogP contribution in [0.1, 0.15) is 11.1 Å². The van der Waals surface area contributed by atoms with Gasteiger partial charge in [0.25, 0.3) is 5.56 Å². The van der Waals surface area contributed by atoms with E-state index in [4.69, 9.17) is 0 Å². The second-order valence-corrected chi connectivity index (χ2v) is 6.02. The van der Waals surface area contributed by atoms with Crippen molar-refractivity contribution in [3.63, 3.8) is 0 Å². The number of fused-ring (bicyclic) bond motifs is 1. The van der Waals surface area contributed by atoms with Gasteiger partial charge >= 0.3 is 0 Å². The summed E-state index contributed by atoms with van der Waals surface area (Å²) in [6, 6.07) is 9.70. The molecule has 120 valence electrons. The van der Waals surface area contributed by atoms with Crippen molar-refractivity contribution in [3.05, 3.63) is 64.2 Å². The van der Waals surface area contributed by atoms with Gasteiger partial charge in [-0.05, 0) is 19.9 Å². The maximum absolute atomic E-state index is 12.5. The number of hydrogen-bond donors (Lipinski definition) is 1. The van der Waals surface area contributed by atoms with E-state index in [2.05, 4.69) is 21.2 Å². The van der Waals surface area contributed by atoms with Crippen molar-refractivity contribution in [2.75, 3.05) is 0 Å². The van der Waals surface area contributed by atoms with Crippen LogP contribution < -0.4 is 5.56 Å². The zero-order valence-electron chi connectivity index (χ0n) is 13.7. The lowest BCUT2D eigenvalue weighted by Gasteiger charge is -2.00. The Morgan fingerprint density at radius 2 is 1.96 bits per heavy atom. The van der Waals surface area contributed by atoms with Gasteiger partial charge in [0.15, 0.2) is 5.65 Å². The van der Waals surface area contributed by atoms with Crippen molar-refractivity contribution in [1.29, 1.82) is 0 Å². The first-order valence-corrected chi connectivity index (χ1v) is 7.71. The predicted octanol–water partition coefficient (Wildman–Crippen LogP) is 2.71. The maximum atomic E-state index is 12.5. The van der Waals surface area contributed by atoms with E-state index in [0.29, 0.717) is 11.3 Å². The van der Waals surface area contributed by atoms with Gasteiger partial charge < -0.3 is 0 Å². The minimum atomic E-state index is -0.138. The number of nitrogens with one attached hydrogen (secondary N) is 1. The van der Waals surface area contributed by atoms with Gasteiger partial charge in [-0.25, -0.2) is 9.50 Å². The molecule has 0 fully saturated rings. The molecule has 0 spiro atoms. The second kappa shape index (κ2) is 5.19. The molecule has 24 heavy (non-hydrogen) atoms. The molecule has 6 heteroatoms. The zero-order chi connectivity index (χ0) is 16.8. The van der Waals surface area contributed by atoms with Crippen molar-refractivity contribution < 1.29 is 0 Å². The molecule has 0 bridgehead atoms. The van der Waals surface area contributed by atoms with Gasteiger partial charge in [-0.15, -0.1) is 0 Å². The molecular weight excluding hydrogens is 302 g/mol. The summed E-state index contributed by atoms with van der Waals surface area (Å²) in [5, 5.41) is 7.33. The Kier molecular flexibility index (Phi) is 3.13. The highest BCUT2D eigenvalue weighted by molar-refractivity contribution is 5.72. The highest BCUT2D eigenvalue weighted by Crippen LogP contribution is 2.25. The van der Waals surface area contributed by atoms with Crippen LogP contribution in [0.4, 0.5) is 0 Å². The number of hydrogen-bond acceptors (Lipinski definition) is 3. The van der Waals surface area contributed by atoms with E-state index in [0.717, 1.165) is 22.4 Å². The minimum absolute atomic E-state index is 0.138. The van der Waals surface area contributed by atoms with Gasteiger partial charge in [-0.3, -0.25) is 14.6 Å². The van der Waals surface area contributed by atoms with E-state index < -0.39 is 0 Å². The SMILES string of the molecule is Cc1cccc(-c2[nH]n3c(=O)cc(-c4cnn(C)c4)nc3c2C)c1. The molecule has 1 N–H and O–H groups in total. The fourth-order valence-corrected chi connectivity index (χ4v) is 2.93. The van der Waals surface area contributed by atoms with E-state index in [1.165, 1.54) is 16.1 Å². The van der Waals surface area contributed by atoms with Gasteiger partial charge in [0, 0.05) is 36.0 Å². The van der Waals surface area contributed by atoms with Crippen molar-refractivity contribution in [1.82, 2.24) is 24.4 Å². The summed E-state index contributed by atoms with van der Waals surface area (Å²) in [7, 11) is 1.84. The summed E-state index contributed by atoms with van der Waals surface area (Å²) < 4.78 is 3.19. The molecule has 0 unspecified atom stereocenters. The first-order valence-electron chi connectivity index (χ1n) is 7.71. The molecule has 6 nitrogen and oxygen atoms in total. The van der Waals surface area contributed by atoms with Crippen LogP contribution >= 0.6 is 0 Å². The first kappa shape index (κ1) is 14.4. The summed E-state index contributed by atoms with van der Waals surface area (Å²) in [6.45, 7) is 4.02. The predicted molar refractivity (Wildman–Crippen MR) is 92.9 cm³/mol. The largest absolute Gasteiger partial charge is 0.289 e. The number of H-pyrrole nitrogens is 1. The van der Waals surface area contributed by atoms with E-state index in [9.17, 15) is 4.79 Å². The zero-order valence-corrected chi connectivity index (χ0v) is 13.7. The van der Waals surface area contributed by atoms with Crippen molar-refractivity contribution in [2.45, 2.75) is 13.8 Å². The van der Waals surface area contributed by atoms with Gasteiger partial charge in [0.05, 0.1) is 17.6 Å². The monoisotopic (exact) mass is 319 g/mol. The number of aryl methyl sites for hydroxylation is 3. The average Bonchev–Trinajstić information content (AvgIpc) is 3.12. The molecule has 0 saturated heterocycles. The van der Waals surface area contributed by atoms with Gasteiger partial charge in [0.1, 0.15) is 0 Å². The summed E-state index contributed by atoms with van der Waals surface area (Å²) >= 11 is 0. The maximum Gasteiger partial charge on any atom is 0.273 e. The Hall–Kier alpha value is -3.15. The first-order chi connectivity index (χ1) is 11.5. The van der Waals surface area contributed by atoms with Gasteiger partial charge in [-0.1, -0.05) is 23.8 Å². The number of benzene rings is 1. The summed E-state index contributed by atoms with van der Waals surface area (Å²) in [5.41, 5.74) is 6.02. The van der Waals surface area contributed by atoms with Crippen molar-refractivity contribution >= 4 is 5.65 Å². The van der Waals surface area contributed by atoms with Crippen LogP contribution in [-0.4, -0.2) is 24.4 Å². The molecule has 0 saturated carbocycles. The second-order valence-electron chi connectivity index (χ2n) is 6.02. The Morgan fingerprint density at radius 3 is 2.67 bits per heavy atom. The van der Waals surface area contributed by atoms with E-state index >= 15 is 0 Å². The molecule has 0 amide bonds. The lowest BCUT2D eigenvalue weighted by atomic mass is 10.1. The van der Waals surface area contributed by atoms with Crippen molar-refractivity contribution in [3.8, 4) is 22.5 Å². The van der Waals surface area contributed by atoms with Crippen LogP contribution in [0.15, 0.2) is 47.5 Å². The fourth-order valence-electron chi connectivity index (χ4n) is 2.93. The average molecular weight is 319 g/mol. The molecule has 4 aromatic rings. The van der Waals surface area contributed by atoms with Crippen LogP contribution in [0.25, 0.3) is 28.2 Å². The molecule has 3 heterocycles. The van der Waals surface area contributed by atoms with Crippen LogP contribution in [-0.2, 0) is 7.05 Å². The smallest absolute Gasteiger partial charge is 0.273 e. The third-order valence-corrected chi connectivity index (χ3v) is 4.16. The minimum Gasteiger partial charge on any atom is -0.289 e. The molecule has 0 aliphatic carbocycles. The lowest BCUT2D eigenvalue weighted by molar-refractivity contribution is 0.768. The Labute approximate surface area is 138 Å². The normalized spacial score (nSPS) is 11.3. The Bertz CT molecular complexity index is 1120. The molecule has 3 aromatic heterocycles. The number of aromatic amines is 1. The quantitative estimate of drug-likeness (QED) is 0.618. The van der Waals surface area contributed by atoms with E-state index in [-0.39, 0.29) is 5.56 Å². The highest BCUT2D eigenvalue weighted by Gasteiger charge is 2.14. The van der Waals surface area contributed by atoms with Crippen LogP contribution in [0.2, 0.25) is 0 Å². The Balaban J connectivity index is 1.96. The molecule has 4 rings (SSSR count). The topological polar surface area (TPSA) is 68.0 Å². The summed E-state index contributed by atoms with van der Waals surface area (Å²) in [5.74, 6) is 0.